The molecule has 1 saturated heterocycles. The van der Waals surface area contributed by atoms with Gasteiger partial charge in [0.25, 0.3) is 0 Å². The van der Waals surface area contributed by atoms with Crippen LogP contribution in [0.1, 0.15) is 51.9 Å². The highest BCUT2D eigenvalue weighted by atomic mass is 16.4. The van der Waals surface area contributed by atoms with Gasteiger partial charge in [0.1, 0.15) is 5.84 Å². The average Bonchev–Trinajstić information content (AvgIpc) is 2.43. The summed E-state index contributed by atoms with van der Waals surface area (Å²) in [4.78, 5) is 2.42. The van der Waals surface area contributed by atoms with E-state index in [2.05, 4.69) is 17.0 Å². The molecule has 4 N–H and O–H groups in total. The minimum Gasteiger partial charge on any atom is -0.409 e. The van der Waals surface area contributed by atoms with Crippen LogP contribution in [0.3, 0.4) is 0 Å². The van der Waals surface area contributed by atoms with E-state index in [9.17, 15) is 5.11 Å². The Hall–Kier alpha value is -0.810. The third kappa shape index (κ3) is 3.20. The van der Waals surface area contributed by atoms with Crippen LogP contribution in [-0.4, -0.2) is 45.8 Å². The van der Waals surface area contributed by atoms with Crippen molar-refractivity contribution in [3.8, 4) is 0 Å². The van der Waals surface area contributed by atoms with Gasteiger partial charge in [0.05, 0.1) is 5.60 Å². The third-order valence-corrected chi connectivity index (χ3v) is 5.02. The summed E-state index contributed by atoms with van der Waals surface area (Å²) in [5.41, 5.74) is 5.21. The second-order valence-corrected chi connectivity index (χ2v) is 6.15. The molecule has 1 heterocycles. The largest absolute Gasteiger partial charge is 0.409 e. The first-order valence-electron chi connectivity index (χ1n) is 7.52. The number of hydrogen-bond acceptors (Lipinski definition) is 4. The highest BCUT2D eigenvalue weighted by Gasteiger charge is 2.43. The number of oxime groups is 1. The van der Waals surface area contributed by atoms with Crippen molar-refractivity contribution in [2.45, 2.75) is 63.5 Å². The van der Waals surface area contributed by atoms with Gasteiger partial charge in [0.2, 0.25) is 0 Å². The number of fused-ring (bicyclic) bond motifs is 1. The predicted octanol–water partition coefficient (Wildman–Crippen LogP) is 1.53. The standard InChI is InChI=1S/C14H27N3O2/c1-2-12(9-13(15)16-19)17-8-7-14(18)6-4-3-5-11(14)10-17/h11-12,18-19H,2-10H2,1H3,(H2,15,16). The molecule has 1 saturated carbocycles. The molecule has 2 rings (SSSR count). The Morgan fingerprint density at radius 2 is 2.26 bits per heavy atom. The summed E-state index contributed by atoms with van der Waals surface area (Å²) in [6, 6.07) is 0.322. The molecule has 0 aromatic heterocycles. The van der Waals surface area contributed by atoms with Crippen molar-refractivity contribution in [3.63, 3.8) is 0 Å². The molecule has 0 bridgehead atoms. The normalized spacial score (nSPS) is 34.8. The van der Waals surface area contributed by atoms with E-state index in [1.807, 2.05) is 0 Å². The van der Waals surface area contributed by atoms with E-state index in [4.69, 9.17) is 10.9 Å². The van der Waals surface area contributed by atoms with Crippen molar-refractivity contribution in [2.75, 3.05) is 13.1 Å². The van der Waals surface area contributed by atoms with Gasteiger partial charge in [0.15, 0.2) is 0 Å². The molecule has 1 aliphatic heterocycles. The summed E-state index contributed by atoms with van der Waals surface area (Å²) in [6.07, 6.45) is 6.95. The first kappa shape index (κ1) is 14.6. The number of aliphatic hydroxyl groups is 1. The molecular formula is C14H27N3O2. The molecule has 110 valence electrons. The van der Waals surface area contributed by atoms with Crippen molar-refractivity contribution in [2.24, 2.45) is 16.8 Å². The molecule has 1 aliphatic carbocycles. The number of amidine groups is 1. The van der Waals surface area contributed by atoms with Gasteiger partial charge in [-0.3, -0.25) is 4.90 Å². The van der Waals surface area contributed by atoms with E-state index in [1.54, 1.807) is 0 Å². The first-order chi connectivity index (χ1) is 9.09. The first-order valence-corrected chi connectivity index (χ1v) is 7.52. The van der Waals surface area contributed by atoms with Gasteiger partial charge < -0.3 is 16.0 Å². The summed E-state index contributed by atoms with van der Waals surface area (Å²) in [7, 11) is 0. The second kappa shape index (κ2) is 6.09. The maximum absolute atomic E-state index is 10.7. The average molecular weight is 269 g/mol. The molecule has 0 aromatic rings. The van der Waals surface area contributed by atoms with E-state index >= 15 is 0 Å². The number of likely N-dealkylation sites (tertiary alicyclic amines) is 1. The van der Waals surface area contributed by atoms with Crippen molar-refractivity contribution in [1.82, 2.24) is 4.90 Å². The molecule has 0 amide bonds. The van der Waals surface area contributed by atoms with Crippen LogP contribution in [0.4, 0.5) is 0 Å². The fourth-order valence-electron chi connectivity index (χ4n) is 3.74. The fraction of sp³-hybridized carbons (Fsp3) is 0.929. The Kier molecular flexibility index (Phi) is 4.68. The molecule has 5 nitrogen and oxygen atoms in total. The Labute approximate surface area is 115 Å². The lowest BCUT2D eigenvalue weighted by Crippen LogP contribution is -2.56. The zero-order valence-electron chi connectivity index (χ0n) is 11.9. The molecule has 0 spiro atoms. The lowest BCUT2D eigenvalue weighted by molar-refractivity contribution is -0.102. The summed E-state index contributed by atoms with van der Waals surface area (Å²) in [5, 5.41) is 22.5. The van der Waals surface area contributed by atoms with Crippen LogP contribution in [0.2, 0.25) is 0 Å². The Balaban J connectivity index is 1.98. The Morgan fingerprint density at radius 3 is 2.95 bits per heavy atom. The number of rotatable bonds is 4. The number of hydrogen-bond donors (Lipinski definition) is 3. The topological polar surface area (TPSA) is 82.1 Å². The minimum atomic E-state index is -0.427. The van der Waals surface area contributed by atoms with Crippen LogP contribution >= 0.6 is 0 Å². The SMILES string of the molecule is CCC(CC(N)=NO)N1CCC2(O)CCCCC2C1. The van der Waals surface area contributed by atoms with E-state index < -0.39 is 5.60 Å². The van der Waals surface area contributed by atoms with Crippen LogP contribution in [0.25, 0.3) is 0 Å². The maximum atomic E-state index is 10.7. The quantitative estimate of drug-likeness (QED) is 0.313. The van der Waals surface area contributed by atoms with Gasteiger partial charge in [-0.1, -0.05) is 24.9 Å². The zero-order chi connectivity index (χ0) is 13.9. The minimum absolute atomic E-state index is 0.302. The van der Waals surface area contributed by atoms with Gasteiger partial charge in [0, 0.05) is 31.5 Å². The van der Waals surface area contributed by atoms with Crippen LogP contribution in [0.15, 0.2) is 5.16 Å². The molecule has 19 heavy (non-hydrogen) atoms. The molecule has 5 heteroatoms. The van der Waals surface area contributed by atoms with Gasteiger partial charge in [-0.2, -0.15) is 0 Å². The van der Waals surface area contributed by atoms with E-state index in [0.717, 1.165) is 45.2 Å². The monoisotopic (exact) mass is 269 g/mol. The summed E-state index contributed by atoms with van der Waals surface area (Å²) in [6.45, 7) is 4.01. The fourth-order valence-corrected chi connectivity index (χ4v) is 3.74. The van der Waals surface area contributed by atoms with E-state index in [1.165, 1.54) is 6.42 Å². The second-order valence-electron chi connectivity index (χ2n) is 6.15. The molecule has 0 aromatic carbocycles. The van der Waals surface area contributed by atoms with Crippen molar-refractivity contribution in [1.29, 1.82) is 0 Å². The van der Waals surface area contributed by atoms with Crippen LogP contribution < -0.4 is 5.73 Å². The zero-order valence-corrected chi connectivity index (χ0v) is 11.9. The molecule has 3 atom stereocenters. The van der Waals surface area contributed by atoms with Crippen molar-refractivity contribution >= 4 is 5.84 Å². The van der Waals surface area contributed by atoms with Gasteiger partial charge in [-0.25, -0.2) is 0 Å². The van der Waals surface area contributed by atoms with E-state index in [-0.39, 0.29) is 0 Å². The highest BCUT2D eigenvalue weighted by Crippen LogP contribution is 2.40. The smallest absolute Gasteiger partial charge is 0.140 e. The van der Waals surface area contributed by atoms with Gasteiger partial charge >= 0.3 is 0 Å². The lowest BCUT2D eigenvalue weighted by Gasteiger charge is -2.49. The lowest BCUT2D eigenvalue weighted by atomic mass is 9.71. The molecule has 0 radical (unpaired) electrons. The van der Waals surface area contributed by atoms with Crippen LogP contribution in [0.5, 0.6) is 0 Å². The highest BCUT2D eigenvalue weighted by molar-refractivity contribution is 5.80. The number of nitrogens with zero attached hydrogens (tertiary/aromatic N) is 2. The van der Waals surface area contributed by atoms with E-state index in [0.29, 0.717) is 24.2 Å². The van der Waals surface area contributed by atoms with Crippen LogP contribution in [0, 0.1) is 5.92 Å². The summed E-state index contributed by atoms with van der Waals surface area (Å²) in [5.74, 6) is 0.702. The van der Waals surface area contributed by atoms with Crippen LogP contribution in [-0.2, 0) is 0 Å². The van der Waals surface area contributed by atoms with Crippen molar-refractivity contribution < 1.29 is 10.3 Å². The summed E-state index contributed by atoms with van der Waals surface area (Å²) >= 11 is 0. The number of piperidine rings is 1. The summed E-state index contributed by atoms with van der Waals surface area (Å²) < 4.78 is 0. The third-order valence-electron chi connectivity index (χ3n) is 5.02. The van der Waals surface area contributed by atoms with Gasteiger partial charge in [-0.05, 0) is 25.7 Å². The maximum Gasteiger partial charge on any atom is 0.140 e. The molecule has 2 fully saturated rings. The molecule has 2 aliphatic rings. The van der Waals surface area contributed by atoms with Gasteiger partial charge in [-0.15, -0.1) is 0 Å². The molecular weight excluding hydrogens is 242 g/mol. The van der Waals surface area contributed by atoms with Crippen molar-refractivity contribution in [3.05, 3.63) is 0 Å². The molecule has 3 unspecified atom stereocenters. The predicted molar refractivity (Wildman–Crippen MR) is 75.2 cm³/mol. The number of nitrogens with two attached hydrogens (primary N) is 1. The Bertz CT molecular complexity index is 335. The Morgan fingerprint density at radius 1 is 1.47 bits per heavy atom.